The molecule has 0 aliphatic carbocycles. The number of amides is 1. The molecule has 1 aromatic carbocycles. The fourth-order valence-electron chi connectivity index (χ4n) is 4.58. The van der Waals surface area contributed by atoms with Gasteiger partial charge in [-0.05, 0) is 74.9 Å². The number of alkyl halides is 1. The molecule has 39 heavy (non-hydrogen) atoms. The van der Waals surface area contributed by atoms with Crippen molar-refractivity contribution in [2.75, 3.05) is 45.3 Å². The van der Waals surface area contributed by atoms with Crippen molar-refractivity contribution in [2.24, 2.45) is 0 Å². The van der Waals surface area contributed by atoms with Gasteiger partial charge in [0.25, 0.3) is 0 Å². The third-order valence-corrected chi connectivity index (χ3v) is 6.80. The summed E-state index contributed by atoms with van der Waals surface area (Å²) in [6, 6.07) is 5.68. The molecule has 2 atom stereocenters. The van der Waals surface area contributed by atoms with Gasteiger partial charge < -0.3 is 25.4 Å². The van der Waals surface area contributed by atoms with Crippen molar-refractivity contribution in [3.05, 3.63) is 58.8 Å². The number of anilines is 1. The summed E-state index contributed by atoms with van der Waals surface area (Å²) in [5.41, 5.74) is 2.07. The van der Waals surface area contributed by atoms with Crippen LogP contribution in [0.4, 0.5) is 19.0 Å². The van der Waals surface area contributed by atoms with E-state index in [9.17, 15) is 27.9 Å². The number of hydrogen-bond acceptors (Lipinski definition) is 6. The van der Waals surface area contributed by atoms with Gasteiger partial charge in [-0.15, -0.1) is 0 Å². The predicted molar refractivity (Wildman–Crippen MR) is 141 cm³/mol. The Balaban J connectivity index is 1.52. The number of ether oxygens (including phenoxy) is 1. The zero-order valence-electron chi connectivity index (χ0n) is 22.2. The highest BCUT2D eigenvalue weighted by Gasteiger charge is 2.23. The summed E-state index contributed by atoms with van der Waals surface area (Å²) in [5.74, 6) is -2.46. The number of rotatable bonds is 16. The van der Waals surface area contributed by atoms with Gasteiger partial charge >= 0.3 is 5.97 Å². The molecule has 0 unspecified atom stereocenters. The quantitative estimate of drug-likeness (QED) is 0.275. The first-order chi connectivity index (χ1) is 18.8. The topological polar surface area (TPSA) is 104 Å². The number of halogens is 3. The van der Waals surface area contributed by atoms with Crippen LogP contribution in [0, 0.1) is 11.6 Å². The Morgan fingerprint density at radius 2 is 2.03 bits per heavy atom. The Kier molecular flexibility index (Phi) is 12.0. The van der Waals surface area contributed by atoms with Crippen molar-refractivity contribution >= 4 is 17.7 Å². The zero-order chi connectivity index (χ0) is 28.2. The number of carboxylic acids is 1. The number of unbranched alkanes of at least 4 members (excludes halogenated alkanes) is 1. The van der Waals surface area contributed by atoms with Gasteiger partial charge in [0.2, 0.25) is 5.91 Å². The molecule has 0 fully saturated rings. The summed E-state index contributed by atoms with van der Waals surface area (Å²) >= 11 is 0. The maximum atomic E-state index is 13.9. The molecule has 11 heteroatoms. The Labute approximate surface area is 226 Å². The van der Waals surface area contributed by atoms with Crippen LogP contribution in [0.2, 0.25) is 0 Å². The largest absolute Gasteiger partial charge is 0.480 e. The molecular weight excluding hydrogens is 513 g/mol. The molecule has 2 aromatic rings. The van der Waals surface area contributed by atoms with Crippen molar-refractivity contribution in [3.8, 4) is 0 Å². The SMILES string of the molecule is CO[C@H](CF)CN(CCCCc1ccc2c(n1)NCCC2)CC[C@H](NC(=O)Cc1cc(F)ccc1F)C(=O)O. The molecular formula is C28H37F3N4O4. The van der Waals surface area contributed by atoms with Crippen molar-refractivity contribution in [1.29, 1.82) is 0 Å². The van der Waals surface area contributed by atoms with E-state index in [1.807, 2.05) is 11.0 Å². The van der Waals surface area contributed by atoms with Crippen LogP contribution in [0.5, 0.6) is 0 Å². The van der Waals surface area contributed by atoms with E-state index >= 15 is 0 Å². The minimum Gasteiger partial charge on any atom is -0.480 e. The van der Waals surface area contributed by atoms with Gasteiger partial charge in [-0.2, -0.15) is 0 Å². The third kappa shape index (κ3) is 9.81. The Hall–Kier alpha value is -3.18. The van der Waals surface area contributed by atoms with E-state index < -0.39 is 48.8 Å². The van der Waals surface area contributed by atoms with E-state index in [-0.39, 0.29) is 25.1 Å². The molecule has 1 aliphatic heterocycles. The van der Waals surface area contributed by atoms with Crippen LogP contribution in [-0.4, -0.2) is 79.0 Å². The van der Waals surface area contributed by atoms with Crippen molar-refractivity contribution in [3.63, 3.8) is 0 Å². The summed E-state index contributed by atoms with van der Waals surface area (Å²) < 4.78 is 45.8. The number of methoxy groups -OCH3 is 1. The van der Waals surface area contributed by atoms with Crippen molar-refractivity contribution in [1.82, 2.24) is 15.2 Å². The van der Waals surface area contributed by atoms with Gasteiger partial charge in [0, 0.05) is 38.0 Å². The van der Waals surface area contributed by atoms with Crippen molar-refractivity contribution in [2.45, 2.75) is 57.1 Å². The smallest absolute Gasteiger partial charge is 0.326 e. The lowest BCUT2D eigenvalue weighted by atomic mass is 10.1. The number of aryl methyl sites for hydroxylation is 2. The number of carboxylic acid groups (broad SMARTS) is 1. The number of pyridine rings is 1. The summed E-state index contributed by atoms with van der Waals surface area (Å²) in [5, 5.41) is 15.4. The minimum absolute atomic E-state index is 0.0491. The molecule has 0 radical (unpaired) electrons. The van der Waals surface area contributed by atoms with Crippen LogP contribution >= 0.6 is 0 Å². The standard InChI is InChI=1S/C28H37F3N4O4/c1-39-23(17-29)18-35(13-3-2-6-22-9-7-19-5-4-12-32-27(19)33-22)14-11-25(28(37)38)34-26(36)16-20-15-21(30)8-10-24(20)31/h7-10,15,23,25H,2-6,11-14,16-18H2,1H3,(H,32,33)(H,34,36)(H,37,38)/t23-,25+/m1/s1. The second-order valence-electron chi connectivity index (χ2n) is 9.77. The van der Waals surface area contributed by atoms with Crippen LogP contribution in [-0.2, 0) is 33.6 Å². The zero-order valence-corrected chi connectivity index (χ0v) is 22.2. The van der Waals surface area contributed by atoms with Gasteiger partial charge in [0.05, 0.1) is 12.5 Å². The average molecular weight is 551 g/mol. The van der Waals surface area contributed by atoms with Crippen LogP contribution in [0.25, 0.3) is 0 Å². The Morgan fingerprint density at radius 1 is 1.21 bits per heavy atom. The summed E-state index contributed by atoms with van der Waals surface area (Å²) in [6.45, 7) is 1.36. The summed E-state index contributed by atoms with van der Waals surface area (Å²) in [7, 11) is 1.42. The van der Waals surface area contributed by atoms with Gasteiger partial charge in [0.1, 0.15) is 30.2 Å². The third-order valence-electron chi connectivity index (χ3n) is 6.80. The first kappa shape index (κ1) is 30.4. The molecule has 0 spiro atoms. The highest BCUT2D eigenvalue weighted by atomic mass is 19.1. The van der Waals surface area contributed by atoms with Crippen LogP contribution in [0.1, 0.15) is 42.5 Å². The van der Waals surface area contributed by atoms with Gasteiger partial charge in [-0.25, -0.2) is 22.9 Å². The van der Waals surface area contributed by atoms with E-state index in [4.69, 9.17) is 9.72 Å². The normalized spacial score (nSPS) is 14.4. The molecule has 1 aromatic heterocycles. The lowest BCUT2D eigenvalue weighted by molar-refractivity contribution is -0.142. The predicted octanol–water partition coefficient (Wildman–Crippen LogP) is 3.53. The Morgan fingerprint density at radius 3 is 2.77 bits per heavy atom. The number of nitrogens with one attached hydrogen (secondary N) is 2. The molecule has 214 valence electrons. The fraction of sp³-hybridized carbons (Fsp3) is 0.536. The number of carbonyl (C=O) groups excluding carboxylic acids is 1. The van der Waals surface area contributed by atoms with E-state index in [2.05, 4.69) is 16.7 Å². The lowest BCUT2D eigenvalue weighted by Crippen LogP contribution is -2.45. The molecule has 1 aliphatic rings. The van der Waals surface area contributed by atoms with Crippen LogP contribution in [0.15, 0.2) is 30.3 Å². The second kappa shape index (κ2) is 15.4. The number of aromatic nitrogens is 1. The molecule has 2 heterocycles. The lowest BCUT2D eigenvalue weighted by Gasteiger charge is -2.27. The number of carbonyl (C=O) groups is 2. The van der Waals surface area contributed by atoms with E-state index in [1.54, 1.807) is 0 Å². The summed E-state index contributed by atoms with van der Waals surface area (Å²) in [4.78, 5) is 30.8. The number of aliphatic carboxylic acids is 1. The molecule has 3 rings (SSSR count). The van der Waals surface area contributed by atoms with E-state index in [1.165, 1.54) is 12.7 Å². The number of benzene rings is 1. The molecule has 0 bridgehead atoms. The fourth-order valence-corrected chi connectivity index (χ4v) is 4.58. The van der Waals surface area contributed by atoms with Gasteiger partial charge in [-0.3, -0.25) is 4.79 Å². The van der Waals surface area contributed by atoms with Crippen LogP contribution in [0.3, 0.4) is 0 Å². The molecule has 0 saturated carbocycles. The van der Waals surface area contributed by atoms with Gasteiger partial charge in [-0.1, -0.05) is 6.07 Å². The van der Waals surface area contributed by atoms with E-state index in [0.717, 1.165) is 68.4 Å². The first-order valence-corrected chi connectivity index (χ1v) is 13.3. The van der Waals surface area contributed by atoms with Crippen LogP contribution < -0.4 is 10.6 Å². The maximum absolute atomic E-state index is 13.9. The number of hydrogen-bond donors (Lipinski definition) is 3. The molecule has 8 nitrogen and oxygen atoms in total. The highest BCUT2D eigenvalue weighted by molar-refractivity contribution is 5.84. The maximum Gasteiger partial charge on any atom is 0.326 e. The van der Waals surface area contributed by atoms with Gasteiger partial charge in [0.15, 0.2) is 0 Å². The molecule has 0 saturated heterocycles. The minimum atomic E-state index is -1.25. The second-order valence-corrected chi connectivity index (χ2v) is 9.77. The summed E-state index contributed by atoms with van der Waals surface area (Å²) in [6.07, 6.45) is 3.43. The first-order valence-electron chi connectivity index (χ1n) is 13.3. The van der Waals surface area contributed by atoms with Crippen molar-refractivity contribution < 1.29 is 32.6 Å². The average Bonchev–Trinajstić information content (AvgIpc) is 2.93. The number of nitrogens with zero attached hydrogens (tertiary/aromatic N) is 2. The Bertz CT molecular complexity index is 1100. The van der Waals surface area contributed by atoms with E-state index in [0.29, 0.717) is 6.54 Å². The highest BCUT2D eigenvalue weighted by Crippen LogP contribution is 2.20. The molecule has 3 N–H and O–H groups in total. The molecule has 1 amide bonds. The number of fused-ring (bicyclic) bond motifs is 1. The monoisotopic (exact) mass is 550 g/mol.